The van der Waals surface area contributed by atoms with Crippen LogP contribution in [0.2, 0.25) is 0 Å². The summed E-state index contributed by atoms with van der Waals surface area (Å²) in [6.07, 6.45) is -44.7. The van der Waals surface area contributed by atoms with Crippen LogP contribution in [0, 0.1) is 0 Å². The normalized spacial score (nSPS) is 16.6. The van der Waals surface area contributed by atoms with Gasteiger partial charge in [-0.3, -0.25) is 19.4 Å². The van der Waals surface area contributed by atoms with Crippen LogP contribution in [0.25, 0.3) is 33.4 Å². The molecule has 3 saturated heterocycles. The van der Waals surface area contributed by atoms with E-state index in [4.69, 9.17) is 31.1 Å². The van der Waals surface area contributed by atoms with Crippen molar-refractivity contribution in [2.45, 2.75) is 197 Å². The van der Waals surface area contributed by atoms with Crippen LogP contribution >= 0.6 is 96.9 Å². The van der Waals surface area contributed by atoms with Crippen LogP contribution in [-0.2, 0) is 99.2 Å². The number of aliphatic carboxylic acids is 1. The number of carbonyl (C=O) groups is 5. The molecule has 50 heteroatoms. The molecule has 137 heavy (non-hydrogen) atoms. The fraction of sp³-hybridized carbons (Fsp3) is 0.391. The summed E-state index contributed by atoms with van der Waals surface area (Å²) >= 11 is 3.35. The predicted octanol–water partition coefficient (Wildman–Crippen LogP) is 24.3. The lowest BCUT2D eigenvalue weighted by Crippen LogP contribution is -2.43. The SMILES string of the molecule is CC(C)(C)OC(=O)N1C[C@@H](F)C[C@H]1C(=O)CCc1cccc(-c2cc(C(F)(F)F)cc(C(F)(F)F)c2)c1.CC(C)(C)OC(=O)N1C[C@@H](F)C[C@H]1C(=O)O.NCc1cccc(-c2cc(C(F)(F)F)cc(C(F)(F)F)c2)c1.NCc1cccc(Br)c1.O=C(CCc1cccc(-c2cc(C(F)(F)F)cc(C(F)(F)F)c2)c1)[C@@H]1C[C@H](F)CN1.O[B]Oc1cc(C(F)(F)F)cc(C(F)(F)F)c1.S.S.S.S.S.S. The maximum atomic E-state index is 14.1. The van der Waals surface area contributed by atoms with Gasteiger partial charge in [0.25, 0.3) is 0 Å². The minimum absolute atomic E-state index is 0. The van der Waals surface area contributed by atoms with Crippen LogP contribution in [0.15, 0.2) is 174 Å². The molecule has 11 rings (SSSR count). The minimum Gasteiger partial charge on any atom is -0.537 e. The van der Waals surface area contributed by atoms with Gasteiger partial charge in [-0.25, -0.2) is 27.6 Å². The molecule has 2 amide bonds. The van der Waals surface area contributed by atoms with Crippen molar-refractivity contribution in [1.29, 1.82) is 0 Å². The van der Waals surface area contributed by atoms with E-state index < -0.39 is 171 Å². The van der Waals surface area contributed by atoms with Gasteiger partial charge < -0.3 is 41.0 Å². The van der Waals surface area contributed by atoms with Crippen LogP contribution < -0.4 is 21.4 Å². The first-order valence-electron chi connectivity index (χ1n) is 38.8. The molecule has 0 aromatic heterocycles. The zero-order valence-corrected chi connectivity index (χ0v) is 80.1. The van der Waals surface area contributed by atoms with E-state index in [9.17, 15) is 143 Å². The van der Waals surface area contributed by atoms with Crippen molar-refractivity contribution in [2.24, 2.45) is 11.5 Å². The number of hydrogen-bond donors (Lipinski definition) is 5. The zero-order chi connectivity index (χ0) is 98.9. The van der Waals surface area contributed by atoms with Crippen molar-refractivity contribution in [3.05, 3.63) is 241 Å². The van der Waals surface area contributed by atoms with Gasteiger partial charge in [0, 0.05) is 56.2 Å². The van der Waals surface area contributed by atoms with E-state index in [1.807, 2.05) is 24.3 Å². The summed E-state index contributed by atoms with van der Waals surface area (Å²) in [5.74, 6) is -2.56. The van der Waals surface area contributed by atoms with Crippen LogP contribution in [0.4, 0.5) is 128 Å². The zero-order valence-electron chi connectivity index (χ0n) is 72.5. The Morgan fingerprint density at radius 3 is 0.949 bits per heavy atom. The number of alkyl halides is 27. The Morgan fingerprint density at radius 2 is 0.672 bits per heavy atom. The largest absolute Gasteiger partial charge is 0.569 e. The second-order valence-corrected chi connectivity index (χ2v) is 32.4. The van der Waals surface area contributed by atoms with E-state index >= 15 is 0 Å². The van der Waals surface area contributed by atoms with Crippen LogP contribution in [-0.4, -0.2) is 125 Å². The first kappa shape index (κ1) is 129. The lowest BCUT2D eigenvalue weighted by Gasteiger charge is -2.27. The molecule has 3 heterocycles. The molecule has 0 aliphatic carbocycles. The predicted molar refractivity (Wildman–Crippen MR) is 491 cm³/mol. The highest BCUT2D eigenvalue weighted by Crippen LogP contribution is 2.45. The number of aryl methyl sites for hydroxylation is 2. The molecule has 0 saturated carbocycles. The number of ketones is 2. The quantitative estimate of drug-likeness (QED) is 0.0449. The molecule has 3 fully saturated rings. The number of Topliss-reactive ketones (excluding diaryl/α,β-unsaturated/α-hetero) is 2. The van der Waals surface area contributed by atoms with Crippen molar-refractivity contribution < 1.29 is 167 Å². The number of hydrogen-bond acceptors (Lipinski definition) is 12. The number of rotatable bonds is 16. The number of likely N-dealkylation sites (tertiary alicyclic amines) is 2. The summed E-state index contributed by atoms with van der Waals surface area (Å²) in [6.45, 7) is 10.3. The Balaban J connectivity index is 0.00000168. The summed E-state index contributed by atoms with van der Waals surface area (Å²) < 4.78 is 364. The number of carbonyl (C=O) groups excluding carboxylic acids is 4. The average molecular weight is 2170 g/mol. The summed E-state index contributed by atoms with van der Waals surface area (Å²) in [5, 5.41) is 19.8. The third kappa shape index (κ3) is 41.7. The van der Waals surface area contributed by atoms with Crippen LogP contribution in [0.5, 0.6) is 5.75 Å². The molecule has 8 aromatic carbocycles. The van der Waals surface area contributed by atoms with Crippen LogP contribution in [0.3, 0.4) is 0 Å². The molecular formula is C87H95BBrF27N5O10S6. The summed E-state index contributed by atoms with van der Waals surface area (Å²) in [5.41, 5.74) is 0.683. The topological polar surface area (TPSA) is 224 Å². The molecule has 0 unspecified atom stereocenters. The van der Waals surface area contributed by atoms with E-state index in [-0.39, 0.29) is 223 Å². The standard InChI is InChI=1S/C26H26F7NO3.C21H18F7NO.C15H11F6N.C10H16FNO4.C8H4BF6O2.C7H8BrN.6H2S/c1-24(2,3)37-23(36)34-14-20(27)13-21(34)22(35)8-7-15-5-4-6-16(9-15)17-10-18(25(28,29)30)12-19(11-17)26(31,32)33;22-17-10-18(29-11-17)19(30)5-4-12-2-1-3-13(6-12)14-7-15(20(23,24)25)9-16(8-14)21(26,27)28;16-14(17,18)12-5-11(6-13(7-12)15(19,20)21)10-3-1-2-9(4-10)8-22;1-10(2,3)16-9(15)12-5-6(11)4-7(12)8(13)14;10-7(11,12)4-1-5(8(13,14)15)3-6(2-4)17-9-16;8-7-3-1-2-6(4-7)5-9;;;;;;/h4-6,9-12,20-21H,7-8,13-14H2,1-3H3;1-3,6-9,17-18,29H,4-5,10-11H2;1-7H,8,22H2;6-7H,4-5H2,1-3H3,(H,13,14);1-3,16H;1-4H,5,9H2;6*1H2/t20-,21-;17-,18-;;6-,7-;;;;;;;;/m00.0......../s1. The Labute approximate surface area is 819 Å². The van der Waals surface area contributed by atoms with Gasteiger partial charge in [-0.05, 0) is 201 Å². The summed E-state index contributed by atoms with van der Waals surface area (Å²) in [4.78, 5) is 61.8. The van der Waals surface area contributed by atoms with Gasteiger partial charge in [0.2, 0.25) is 0 Å². The number of carboxylic acid groups (broad SMARTS) is 1. The second-order valence-electron chi connectivity index (χ2n) is 31.5. The van der Waals surface area contributed by atoms with Crippen molar-refractivity contribution in [3.63, 3.8) is 0 Å². The van der Waals surface area contributed by atoms with Crippen molar-refractivity contribution >= 4 is 134 Å². The number of halogens is 28. The lowest BCUT2D eigenvalue weighted by atomic mass is 9.96. The summed E-state index contributed by atoms with van der Waals surface area (Å²) in [7, 11) is -0.00432. The number of nitrogens with two attached hydrogens (primary N) is 2. The maximum Gasteiger partial charge on any atom is 0.569 e. The van der Waals surface area contributed by atoms with E-state index in [2.05, 4.69) is 25.9 Å². The molecule has 0 spiro atoms. The molecule has 3 aliphatic heterocycles. The van der Waals surface area contributed by atoms with E-state index in [1.54, 1.807) is 59.7 Å². The Kier molecular flexibility index (Phi) is 50.1. The van der Waals surface area contributed by atoms with Crippen molar-refractivity contribution in [2.75, 3.05) is 19.6 Å². The van der Waals surface area contributed by atoms with E-state index in [0.717, 1.165) is 19.8 Å². The number of carboxylic acids is 1. The highest BCUT2D eigenvalue weighted by atomic mass is 79.9. The molecule has 1 radical (unpaired) electrons. The van der Waals surface area contributed by atoms with Crippen LogP contribution in [0.1, 0.15) is 140 Å². The first-order chi connectivity index (χ1) is 60.1. The van der Waals surface area contributed by atoms with E-state index in [1.165, 1.54) is 54.6 Å². The molecule has 763 valence electrons. The fourth-order valence-corrected chi connectivity index (χ4v) is 13.2. The third-order valence-corrected chi connectivity index (χ3v) is 19.3. The smallest absolute Gasteiger partial charge is 0.537 e. The van der Waals surface area contributed by atoms with Gasteiger partial charge in [0.1, 0.15) is 47.3 Å². The first-order valence-corrected chi connectivity index (χ1v) is 39.6. The number of nitrogens with zero attached hydrogens (tertiary/aromatic N) is 2. The third-order valence-electron chi connectivity index (χ3n) is 18.9. The molecule has 6 atom stereocenters. The highest BCUT2D eigenvalue weighted by molar-refractivity contribution is 9.10. The van der Waals surface area contributed by atoms with Gasteiger partial charge in [-0.15, -0.1) is 0 Å². The van der Waals surface area contributed by atoms with Gasteiger partial charge in [0.05, 0.1) is 69.7 Å². The monoisotopic (exact) mass is 2160 g/mol. The van der Waals surface area contributed by atoms with Gasteiger partial charge in [-0.1, -0.05) is 94.8 Å². The molecule has 7 N–H and O–H groups in total. The molecule has 15 nitrogen and oxygen atoms in total. The lowest BCUT2D eigenvalue weighted by molar-refractivity contribution is -0.144. The number of nitrogens with one attached hydrogen (secondary N) is 1. The maximum absolute atomic E-state index is 14.1. The van der Waals surface area contributed by atoms with Gasteiger partial charge >= 0.3 is 75.3 Å². The second kappa shape index (κ2) is 53.4. The van der Waals surface area contributed by atoms with Gasteiger partial charge in [-0.2, -0.15) is 186 Å². The number of ether oxygens (including phenoxy) is 2. The fourth-order valence-electron chi connectivity index (χ4n) is 12.7. The molecular weight excluding hydrogens is 2070 g/mol. The Hall–Kier alpha value is -8.50. The number of benzene rings is 8. The Bertz CT molecular complexity index is 5110. The summed E-state index contributed by atoms with van der Waals surface area (Å²) in [6, 6.07) is 28.1. The molecule has 0 bridgehead atoms. The van der Waals surface area contributed by atoms with E-state index in [0.29, 0.717) is 71.8 Å². The average Bonchev–Trinajstić information content (AvgIpc) is 1.07. The minimum atomic E-state index is -4.98. The van der Waals surface area contributed by atoms with Gasteiger partial charge in [0.15, 0.2) is 5.78 Å². The van der Waals surface area contributed by atoms with Crippen molar-refractivity contribution in [1.82, 2.24) is 15.1 Å². The molecule has 8 aromatic rings. The van der Waals surface area contributed by atoms with Crippen molar-refractivity contribution in [3.8, 4) is 39.1 Å². The highest BCUT2D eigenvalue weighted by Gasteiger charge is 2.46. The Morgan fingerprint density at radius 1 is 0.387 bits per heavy atom. The molecule has 3 aliphatic rings. The number of amides is 2.